The molecular formula is C9H16N4O. The van der Waals surface area contributed by atoms with E-state index in [2.05, 4.69) is 31.0 Å². The average Bonchev–Trinajstić information content (AvgIpc) is 2.45. The molecule has 0 fully saturated rings. The number of oxime groups is 1. The average molecular weight is 196 g/mol. The van der Waals surface area contributed by atoms with E-state index in [0.717, 1.165) is 5.69 Å². The highest BCUT2D eigenvalue weighted by molar-refractivity contribution is 5.95. The van der Waals surface area contributed by atoms with Crippen molar-refractivity contribution >= 4 is 5.84 Å². The van der Waals surface area contributed by atoms with Crippen molar-refractivity contribution in [3.63, 3.8) is 0 Å². The Balaban J connectivity index is 3.18. The van der Waals surface area contributed by atoms with E-state index in [4.69, 9.17) is 10.9 Å². The molecule has 0 aromatic carbocycles. The molecule has 0 atom stereocenters. The van der Waals surface area contributed by atoms with Crippen molar-refractivity contribution < 1.29 is 5.21 Å². The van der Waals surface area contributed by atoms with Crippen LogP contribution in [0.15, 0.2) is 11.2 Å². The normalized spacial score (nSPS) is 13.3. The molecule has 0 aliphatic heterocycles. The molecule has 1 heterocycles. The topological polar surface area (TPSA) is 76.4 Å². The minimum atomic E-state index is -0.0360. The minimum absolute atomic E-state index is 0.0360. The second-order valence-corrected chi connectivity index (χ2v) is 4.27. The van der Waals surface area contributed by atoms with Gasteiger partial charge in [-0.25, -0.2) is 0 Å². The van der Waals surface area contributed by atoms with Crippen molar-refractivity contribution in [2.75, 3.05) is 0 Å². The number of hydrogen-bond acceptors (Lipinski definition) is 3. The third-order valence-corrected chi connectivity index (χ3v) is 2.02. The molecule has 0 aliphatic rings. The summed E-state index contributed by atoms with van der Waals surface area (Å²) in [5.74, 6) is 0.0792. The molecule has 0 aliphatic carbocycles. The molecule has 78 valence electrons. The highest BCUT2D eigenvalue weighted by Gasteiger charge is 2.19. The van der Waals surface area contributed by atoms with Crippen molar-refractivity contribution in [2.24, 2.45) is 17.9 Å². The van der Waals surface area contributed by atoms with Crippen LogP contribution in [0.5, 0.6) is 0 Å². The summed E-state index contributed by atoms with van der Waals surface area (Å²) in [6, 6.07) is 1.83. The first kappa shape index (κ1) is 10.6. The monoisotopic (exact) mass is 196 g/mol. The SMILES string of the molecule is Cn1nc(C(C)(C)C)cc1C(N)=NO. The summed E-state index contributed by atoms with van der Waals surface area (Å²) < 4.78 is 1.61. The third-order valence-electron chi connectivity index (χ3n) is 2.02. The smallest absolute Gasteiger partial charge is 0.188 e. The maximum absolute atomic E-state index is 8.55. The van der Waals surface area contributed by atoms with Crippen molar-refractivity contribution in [3.8, 4) is 0 Å². The molecule has 0 spiro atoms. The van der Waals surface area contributed by atoms with Crippen molar-refractivity contribution in [1.82, 2.24) is 9.78 Å². The van der Waals surface area contributed by atoms with Gasteiger partial charge in [0.15, 0.2) is 5.84 Å². The first-order chi connectivity index (χ1) is 6.36. The van der Waals surface area contributed by atoms with Crippen LogP contribution in [-0.2, 0) is 12.5 Å². The van der Waals surface area contributed by atoms with Crippen LogP contribution < -0.4 is 5.73 Å². The molecule has 0 amide bonds. The Morgan fingerprint density at radius 2 is 2.14 bits per heavy atom. The Kier molecular flexibility index (Phi) is 2.51. The second kappa shape index (κ2) is 3.32. The van der Waals surface area contributed by atoms with Crippen LogP contribution >= 0.6 is 0 Å². The van der Waals surface area contributed by atoms with Crippen LogP contribution in [0.2, 0.25) is 0 Å². The fourth-order valence-corrected chi connectivity index (χ4v) is 1.12. The quantitative estimate of drug-likeness (QED) is 0.302. The first-order valence-electron chi connectivity index (χ1n) is 4.38. The summed E-state index contributed by atoms with van der Waals surface area (Å²) in [5.41, 5.74) is 7.00. The zero-order valence-electron chi connectivity index (χ0n) is 8.94. The van der Waals surface area contributed by atoms with Crippen LogP contribution in [0.1, 0.15) is 32.2 Å². The summed E-state index contributed by atoms with van der Waals surface area (Å²) >= 11 is 0. The van der Waals surface area contributed by atoms with Gasteiger partial charge in [0.1, 0.15) is 5.69 Å². The molecule has 0 bridgehead atoms. The van der Waals surface area contributed by atoms with Gasteiger partial charge >= 0.3 is 0 Å². The Hall–Kier alpha value is -1.52. The highest BCUT2D eigenvalue weighted by atomic mass is 16.4. The van der Waals surface area contributed by atoms with E-state index in [1.807, 2.05) is 6.07 Å². The van der Waals surface area contributed by atoms with Gasteiger partial charge in [-0.05, 0) is 6.07 Å². The van der Waals surface area contributed by atoms with E-state index in [9.17, 15) is 0 Å². The molecule has 0 radical (unpaired) electrons. The lowest BCUT2D eigenvalue weighted by atomic mass is 9.92. The third kappa shape index (κ3) is 1.86. The van der Waals surface area contributed by atoms with E-state index in [0.29, 0.717) is 5.69 Å². The Labute approximate surface area is 83.2 Å². The van der Waals surface area contributed by atoms with Gasteiger partial charge in [-0.2, -0.15) is 5.10 Å². The number of nitrogens with zero attached hydrogens (tertiary/aromatic N) is 3. The fourth-order valence-electron chi connectivity index (χ4n) is 1.12. The van der Waals surface area contributed by atoms with Gasteiger partial charge < -0.3 is 10.9 Å². The largest absolute Gasteiger partial charge is 0.409 e. The van der Waals surface area contributed by atoms with Gasteiger partial charge in [0.05, 0.1) is 5.69 Å². The molecule has 14 heavy (non-hydrogen) atoms. The van der Waals surface area contributed by atoms with E-state index in [1.165, 1.54) is 0 Å². The summed E-state index contributed by atoms with van der Waals surface area (Å²) in [6.07, 6.45) is 0. The van der Waals surface area contributed by atoms with E-state index >= 15 is 0 Å². The van der Waals surface area contributed by atoms with Gasteiger partial charge in [-0.3, -0.25) is 4.68 Å². The maximum Gasteiger partial charge on any atom is 0.188 e. The minimum Gasteiger partial charge on any atom is -0.409 e. The van der Waals surface area contributed by atoms with Crippen molar-refractivity contribution in [2.45, 2.75) is 26.2 Å². The number of aryl methyl sites for hydroxylation is 1. The zero-order chi connectivity index (χ0) is 10.9. The van der Waals surface area contributed by atoms with Crippen LogP contribution in [-0.4, -0.2) is 20.8 Å². The molecule has 5 heteroatoms. The Bertz CT molecular complexity index is 359. The number of aromatic nitrogens is 2. The predicted octanol–water partition coefficient (Wildman–Crippen LogP) is 0.812. The molecule has 1 rings (SSSR count). The molecule has 1 aromatic heterocycles. The van der Waals surface area contributed by atoms with Crippen molar-refractivity contribution in [3.05, 3.63) is 17.5 Å². The number of rotatable bonds is 1. The highest BCUT2D eigenvalue weighted by Crippen LogP contribution is 2.21. The van der Waals surface area contributed by atoms with E-state index < -0.39 is 0 Å². The van der Waals surface area contributed by atoms with Gasteiger partial charge in [0, 0.05) is 12.5 Å². The molecular weight excluding hydrogens is 180 g/mol. The lowest BCUT2D eigenvalue weighted by Gasteiger charge is -2.13. The number of amidine groups is 1. The van der Waals surface area contributed by atoms with Gasteiger partial charge in [-0.1, -0.05) is 25.9 Å². The van der Waals surface area contributed by atoms with Gasteiger partial charge in [-0.15, -0.1) is 0 Å². The van der Waals surface area contributed by atoms with E-state index in [1.54, 1.807) is 11.7 Å². The zero-order valence-corrected chi connectivity index (χ0v) is 8.94. The summed E-state index contributed by atoms with van der Waals surface area (Å²) in [5, 5.41) is 15.8. The van der Waals surface area contributed by atoms with Crippen molar-refractivity contribution in [1.29, 1.82) is 0 Å². The molecule has 1 aromatic rings. The Morgan fingerprint density at radius 1 is 1.57 bits per heavy atom. The lowest BCUT2D eigenvalue weighted by Crippen LogP contribution is -2.17. The van der Waals surface area contributed by atoms with E-state index in [-0.39, 0.29) is 11.3 Å². The van der Waals surface area contributed by atoms with Gasteiger partial charge in [0.2, 0.25) is 0 Å². The lowest BCUT2D eigenvalue weighted by molar-refractivity contribution is 0.318. The van der Waals surface area contributed by atoms with Crippen LogP contribution in [0.25, 0.3) is 0 Å². The van der Waals surface area contributed by atoms with Crippen LogP contribution in [0.4, 0.5) is 0 Å². The molecule has 0 unspecified atom stereocenters. The summed E-state index contributed by atoms with van der Waals surface area (Å²) in [4.78, 5) is 0. The first-order valence-corrected chi connectivity index (χ1v) is 4.38. The molecule has 0 saturated heterocycles. The fraction of sp³-hybridized carbons (Fsp3) is 0.556. The molecule has 0 saturated carbocycles. The molecule has 5 nitrogen and oxygen atoms in total. The summed E-state index contributed by atoms with van der Waals surface area (Å²) in [7, 11) is 1.77. The van der Waals surface area contributed by atoms with Crippen LogP contribution in [0, 0.1) is 0 Å². The Morgan fingerprint density at radius 3 is 2.50 bits per heavy atom. The standard InChI is InChI=1S/C9H16N4O/c1-9(2,3)7-5-6(8(10)12-14)13(4)11-7/h5,14H,1-4H3,(H2,10,12). The predicted molar refractivity (Wildman–Crippen MR) is 54.4 cm³/mol. The van der Waals surface area contributed by atoms with Gasteiger partial charge in [0.25, 0.3) is 0 Å². The summed E-state index contributed by atoms with van der Waals surface area (Å²) in [6.45, 7) is 6.18. The maximum atomic E-state index is 8.55. The number of nitrogens with two attached hydrogens (primary N) is 1. The molecule has 3 N–H and O–H groups in total. The number of hydrogen-bond donors (Lipinski definition) is 2. The second-order valence-electron chi connectivity index (χ2n) is 4.27. The van der Waals surface area contributed by atoms with Crippen LogP contribution in [0.3, 0.4) is 0 Å².